The highest BCUT2D eigenvalue weighted by atomic mass is 16.5. The van der Waals surface area contributed by atoms with Crippen molar-refractivity contribution in [3.63, 3.8) is 0 Å². The summed E-state index contributed by atoms with van der Waals surface area (Å²) in [5, 5.41) is 3.17. The largest absolute Gasteiger partial charge is 0.497 e. The van der Waals surface area contributed by atoms with Crippen molar-refractivity contribution >= 4 is 23.0 Å². The number of benzene rings is 2. The lowest BCUT2D eigenvalue weighted by Crippen LogP contribution is -2.29. The molecule has 6 heteroatoms. The molecule has 0 unspecified atom stereocenters. The van der Waals surface area contributed by atoms with Gasteiger partial charge < -0.3 is 14.8 Å². The molecule has 0 radical (unpaired) electrons. The van der Waals surface area contributed by atoms with Crippen LogP contribution in [-0.4, -0.2) is 35.3 Å². The third-order valence-corrected chi connectivity index (χ3v) is 4.14. The van der Waals surface area contributed by atoms with Crippen LogP contribution in [0.25, 0.3) is 16.7 Å². The molecule has 0 fully saturated rings. The highest BCUT2D eigenvalue weighted by Gasteiger charge is 2.19. The molecule has 1 aromatic heterocycles. The zero-order chi connectivity index (χ0) is 18.7. The van der Waals surface area contributed by atoms with E-state index in [0.29, 0.717) is 12.6 Å². The lowest BCUT2D eigenvalue weighted by Gasteiger charge is -2.15. The van der Waals surface area contributed by atoms with Crippen LogP contribution in [0.4, 0.5) is 5.95 Å². The van der Waals surface area contributed by atoms with Gasteiger partial charge in [0.05, 0.1) is 24.8 Å². The van der Waals surface area contributed by atoms with Gasteiger partial charge in [-0.3, -0.25) is 4.57 Å². The lowest BCUT2D eigenvalue weighted by atomic mass is 10.2. The normalized spacial score (nSPS) is 12.0. The molecule has 26 heavy (non-hydrogen) atoms. The number of imidazole rings is 1. The van der Waals surface area contributed by atoms with Crippen LogP contribution in [0.1, 0.15) is 19.4 Å². The summed E-state index contributed by atoms with van der Waals surface area (Å²) < 4.78 is 12.4. The molecule has 2 aromatic carbocycles. The number of methoxy groups -OCH3 is 1. The fourth-order valence-corrected chi connectivity index (χ4v) is 2.75. The van der Waals surface area contributed by atoms with Gasteiger partial charge in [0, 0.05) is 11.8 Å². The average molecular weight is 353 g/mol. The molecular weight excluding hydrogens is 330 g/mol. The number of hydrogen-bond acceptors (Lipinski definition) is 5. The average Bonchev–Trinajstić information content (AvgIpc) is 2.99. The van der Waals surface area contributed by atoms with Crippen molar-refractivity contribution in [1.82, 2.24) is 9.55 Å². The van der Waals surface area contributed by atoms with E-state index in [9.17, 15) is 4.79 Å². The molecule has 1 heterocycles. The second-order valence-corrected chi connectivity index (χ2v) is 6.08. The molecule has 0 aliphatic carbocycles. The van der Waals surface area contributed by atoms with Gasteiger partial charge in [-0.2, -0.15) is 0 Å². The minimum Gasteiger partial charge on any atom is -0.497 e. The predicted molar refractivity (Wildman–Crippen MR) is 102 cm³/mol. The molecule has 1 atom stereocenters. The van der Waals surface area contributed by atoms with Crippen molar-refractivity contribution in [2.75, 3.05) is 19.0 Å². The molecule has 0 amide bonds. The third-order valence-electron chi connectivity index (χ3n) is 4.14. The highest BCUT2D eigenvalue weighted by molar-refractivity contribution is 5.84. The Morgan fingerprint density at radius 2 is 1.96 bits per heavy atom. The summed E-state index contributed by atoms with van der Waals surface area (Å²) in [7, 11) is 1.63. The maximum absolute atomic E-state index is 12.0. The van der Waals surface area contributed by atoms with E-state index in [-0.39, 0.29) is 5.97 Å². The van der Waals surface area contributed by atoms with Crippen LogP contribution < -0.4 is 10.1 Å². The molecule has 1 N–H and O–H groups in total. The van der Waals surface area contributed by atoms with E-state index in [1.54, 1.807) is 21.0 Å². The van der Waals surface area contributed by atoms with Gasteiger partial charge >= 0.3 is 5.97 Å². The smallest absolute Gasteiger partial charge is 0.328 e. The maximum Gasteiger partial charge on any atom is 0.328 e. The molecule has 0 aliphatic heterocycles. The minimum atomic E-state index is -0.516. The van der Waals surface area contributed by atoms with Gasteiger partial charge in [-0.15, -0.1) is 0 Å². The number of fused-ring (bicyclic) bond motifs is 1. The van der Waals surface area contributed by atoms with Crippen molar-refractivity contribution in [2.45, 2.75) is 26.8 Å². The van der Waals surface area contributed by atoms with Crippen molar-refractivity contribution in [3.8, 4) is 11.4 Å². The summed E-state index contributed by atoms with van der Waals surface area (Å²) in [6.07, 6.45) is 0. The SMILES string of the molecule is CCOC(=O)[C@H](C)Nc1nc2ccc(OC)cc2n1-c1ccc(C)cc1. The van der Waals surface area contributed by atoms with Gasteiger partial charge in [-0.1, -0.05) is 17.7 Å². The molecule has 0 saturated heterocycles. The van der Waals surface area contributed by atoms with Crippen LogP contribution in [-0.2, 0) is 9.53 Å². The Bertz CT molecular complexity index is 916. The summed E-state index contributed by atoms with van der Waals surface area (Å²) >= 11 is 0. The molecule has 0 bridgehead atoms. The topological polar surface area (TPSA) is 65.4 Å². The molecule has 0 saturated carbocycles. The number of nitrogens with one attached hydrogen (secondary N) is 1. The summed E-state index contributed by atoms with van der Waals surface area (Å²) in [6.45, 7) is 5.94. The van der Waals surface area contributed by atoms with E-state index >= 15 is 0 Å². The number of carbonyl (C=O) groups is 1. The van der Waals surface area contributed by atoms with Crippen molar-refractivity contribution in [2.24, 2.45) is 0 Å². The summed E-state index contributed by atoms with van der Waals surface area (Å²) in [6, 6.07) is 13.3. The fourth-order valence-electron chi connectivity index (χ4n) is 2.75. The van der Waals surface area contributed by atoms with Crippen LogP contribution in [0, 0.1) is 6.92 Å². The van der Waals surface area contributed by atoms with Gasteiger partial charge in [-0.05, 0) is 45.0 Å². The number of hydrogen-bond donors (Lipinski definition) is 1. The van der Waals surface area contributed by atoms with Gasteiger partial charge in [0.2, 0.25) is 5.95 Å². The van der Waals surface area contributed by atoms with Gasteiger partial charge in [0.1, 0.15) is 11.8 Å². The Balaban J connectivity index is 2.10. The van der Waals surface area contributed by atoms with Crippen LogP contribution in [0.2, 0.25) is 0 Å². The number of ether oxygens (including phenoxy) is 2. The first kappa shape index (κ1) is 17.8. The van der Waals surface area contributed by atoms with Gasteiger partial charge in [-0.25, -0.2) is 9.78 Å². The quantitative estimate of drug-likeness (QED) is 0.685. The van der Waals surface area contributed by atoms with E-state index in [0.717, 1.165) is 22.5 Å². The van der Waals surface area contributed by atoms with E-state index in [1.165, 1.54) is 5.56 Å². The van der Waals surface area contributed by atoms with Crippen molar-refractivity contribution < 1.29 is 14.3 Å². The maximum atomic E-state index is 12.0. The number of esters is 1. The number of rotatable bonds is 6. The van der Waals surface area contributed by atoms with Crippen molar-refractivity contribution in [1.29, 1.82) is 0 Å². The number of carbonyl (C=O) groups excluding carboxylic acids is 1. The second kappa shape index (κ2) is 7.47. The molecule has 6 nitrogen and oxygen atoms in total. The van der Waals surface area contributed by atoms with Crippen LogP contribution in [0.3, 0.4) is 0 Å². The monoisotopic (exact) mass is 353 g/mol. The molecular formula is C20H23N3O3. The minimum absolute atomic E-state index is 0.312. The van der Waals surface area contributed by atoms with Crippen molar-refractivity contribution in [3.05, 3.63) is 48.0 Å². The van der Waals surface area contributed by atoms with Gasteiger partial charge in [0.25, 0.3) is 0 Å². The summed E-state index contributed by atoms with van der Waals surface area (Å²) in [4.78, 5) is 16.7. The summed E-state index contributed by atoms with van der Waals surface area (Å²) in [5.74, 6) is 1.01. The fraction of sp³-hybridized carbons (Fsp3) is 0.300. The molecule has 3 rings (SSSR count). The van der Waals surface area contributed by atoms with E-state index in [2.05, 4.69) is 10.3 Å². The number of aromatic nitrogens is 2. The van der Waals surface area contributed by atoms with Gasteiger partial charge in [0.15, 0.2) is 0 Å². The molecule has 0 aliphatic rings. The zero-order valence-corrected chi connectivity index (χ0v) is 15.4. The standard InChI is InChI=1S/C20H23N3O3/c1-5-26-19(24)14(3)21-20-22-17-11-10-16(25-4)12-18(17)23(20)15-8-6-13(2)7-9-15/h6-12,14H,5H2,1-4H3,(H,21,22)/t14-/m0/s1. The number of nitrogens with zero attached hydrogens (tertiary/aromatic N) is 2. The van der Waals surface area contributed by atoms with Crippen LogP contribution in [0.5, 0.6) is 5.75 Å². The zero-order valence-electron chi connectivity index (χ0n) is 15.4. The molecule has 136 valence electrons. The Morgan fingerprint density at radius 1 is 1.23 bits per heavy atom. The first-order valence-corrected chi connectivity index (χ1v) is 8.60. The molecule has 3 aromatic rings. The Kier molecular flexibility index (Phi) is 5.11. The Morgan fingerprint density at radius 3 is 2.62 bits per heavy atom. The Labute approximate surface area is 152 Å². The second-order valence-electron chi connectivity index (χ2n) is 6.08. The van der Waals surface area contributed by atoms with E-state index < -0.39 is 6.04 Å². The first-order chi connectivity index (χ1) is 12.5. The lowest BCUT2D eigenvalue weighted by molar-refractivity contribution is -0.143. The Hall–Kier alpha value is -3.02. The molecule has 0 spiro atoms. The first-order valence-electron chi connectivity index (χ1n) is 8.60. The van der Waals surface area contributed by atoms with Crippen LogP contribution >= 0.6 is 0 Å². The summed E-state index contributed by atoms with van der Waals surface area (Å²) in [5.41, 5.74) is 3.83. The van der Waals surface area contributed by atoms with E-state index in [4.69, 9.17) is 9.47 Å². The number of anilines is 1. The highest BCUT2D eigenvalue weighted by Crippen LogP contribution is 2.28. The predicted octanol–water partition coefficient (Wildman–Crippen LogP) is 3.71. The third kappa shape index (κ3) is 3.49. The van der Waals surface area contributed by atoms with Crippen LogP contribution in [0.15, 0.2) is 42.5 Å². The number of aryl methyl sites for hydroxylation is 1. The van der Waals surface area contributed by atoms with E-state index in [1.807, 2.05) is 54.0 Å².